The number of aromatic nitrogens is 4. The van der Waals surface area contributed by atoms with Crippen LogP contribution in [0.5, 0.6) is 0 Å². The summed E-state index contributed by atoms with van der Waals surface area (Å²) in [5.74, 6) is 2.12. The number of hydrogen-bond donors (Lipinski definition) is 0. The predicted molar refractivity (Wildman–Crippen MR) is 97.6 cm³/mol. The van der Waals surface area contributed by atoms with E-state index in [4.69, 9.17) is 0 Å². The van der Waals surface area contributed by atoms with E-state index in [0.717, 1.165) is 17.3 Å². The van der Waals surface area contributed by atoms with Gasteiger partial charge >= 0.3 is 0 Å². The summed E-state index contributed by atoms with van der Waals surface area (Å²) < 4.78 is 29.0. The topological polar surface area (TPSA) is 84.2 Å². The zero-order valence-corrected chi connectivity index (χ0v) is 16.0. The van der Waals surface area contributed by atoms with Gasteiger partial charge in [0.2, 0.25) is 0 Å². The zero-order chi connectivity index (χ0) is 18.3. The maximum absolute atomic E-state index is 12.8. The molecule has 8 nitrogen and oxygen atoms in total. The lowest BCUT2D eigenvalue weighted by Crippen LogP contribution is -2.49. The number of hydrogen-bond acceptors (Lipinski definition) is 6. The molecule has 1 saturated heterocycles. The second-order valence-electron chi connectivity index (χ2n) is 6.89. The predicted octanol–water partition coefficient (Wildman–Crippen LogP) is 1.39. The average Bonchev–Trinajstić information content (AvgIpc) is 3.44. The van der Waals surface area contributed by atoms with E-state index in [9.17, 15) is 8.42 Å². The summed E-state index contributed by atoms with van der Waals surface area (Å²) in [5.41, 5.74) is 1.07. The van der Waals surface area contributed by atoms with Gasteiger partial charge in [-0.05, 0) is 38.8 Å². The Kier molecular flexibility index (Phi) is 4.44. The van der Waals surface area contributed by atoms with Crippen molar-refractivity contribution in [2.45, 2.75) is 44.2 Å². The molecule has 1 saturated carbocycles. The standard InChI is InChI=1S/C17H24N6O2S/c1-3-21-12-17(18-13(21)2)26(24,25)23-10-8-22(9-11-23)16-7-6-15(19-20-16)14-4-5-14/h6-7,12,14H,3-5,8-11H2,1-2H3. The summed E-state index contributed by atoms with van der Waals surface area (Å²) >= 11 is 0. The minimum Gasteiger partial charge on any atom is -0.352 e. The molecule has 2 aromatic heterocycles. The van der Waals surface area contributed by atoms with E-state index in [1.165, 1.54) is 17.1 Å². The minimum absolute atomic E-state index is 0.138. The first kappa shape index (κ1) is 17.4. The van der Waals surface area contributed by atoms with Crippen LogP contribution in [-0.2, 0) is 16.6 Å². The van der Waals surface area contributed by atoms with Crippen LogP contribution in [0.25, 0.3) is 0 Å². The van der Waals surface area contributed by atoms with E-state index in [2.05, 4.69) is 20.1 Å². The first-order valence-electron chi connectivity index (χ1n) is 9.11. The Morgan fingerprint density at radius 3 is 2.38 bits per heavy atom. The van der Waals surface area contributed by atoms with Crippen LogP contribution in [0, 0.1) is 6.92 Å². The van der Waals surface area contributed by atoms with E-state index >= 15 is 0 Å². The van der Waals surface area contributed by atoms with Crippen LogP contribution >= 0.6 is 0 Å². The third-order valence-electron chi connectivity index (χ3n) is 5.13. The molecule has 0 bridgehead atoms. The number of aryl methyl sites for hydroxylation is 2. The van der Waals surface area contributed by atoms with E-state index in [0.29, 0.717) is 38.6 Å². The Morgan fingerprint density at radius 1 is 1.12 bits per heavy atom. The molecule has 0 radical (unpaired) electrons. The van der Waals surface area contributed by atoms with Gasteiger partial charge in [-0.15, -0.1) is 5.10 Å². The summed E-state index contributed by atoms with van der Waals surface area (Å²) in [7, 11) is -3.55. The van der Waals surface area contributed by atoms with Crippen molar-refractivity contribution in [2.75, 3.05) is 31.1 Å². The Labute approximate surface area is 153 Å². The maximum Gasteiger partial charge on any atom is 0.262 e. The second kappa shape index (κ2) is 6.62. The number of rotatable bonds is 5. The molecule has 1 aliphatic carbocycles. The molecule has 2 aromatic rings. The van der Waals surface area contributed by atoms with Gasteiger partial charge in [-0.25, -0.2) is 13.4 Å². The van der Waals surface area contributed by atoms with Gasteiger partial charge in [0.15, 0.2) is 10.8 Å². The maximum atomic E-state index is 12.8. The van der Waals surface area contributed by atoms with Crippen molar-refractivity contribution < 1.29 is 8.42 Å². The summed E-state index contributed by atoms with van der Waals surface area (Å²) in [6, 6.07) is 4.04. The van der Waals surface area contributed by atoms with Gasteiger partial charge < -0.3 is 9.47 Å². The largest absolute Gasteiger partial charge is 0.352 e. The van der Waals surface area contributed by atoms with Crippen LogP contribution < -0.4 is 4.90 Å². The first-order valence-corrected chi connectivity index (χ1v) is 10.6. The number of imidazole rings is 1. The van der Waals surface area contributed by atoms with Gasteiger partial charge in [0.25, 0.3) is 10.0 Å². The second-order valence-corrected chi connectivity index (χ2v) is 8.78. The van der Waals surface area contributed by atoms with Crippen molar-refractivity contribution >= 4 is 15.8 Å². The number of nitrogens with zero attached hydrogens (tertiary/aromatic N) is 6. The molecule has 4 rings (SSSR count). The fourth-order valence-corrected chi connectivity index (χ4v) is 4.73. The molecule has 0 aromatic carbocycles. The van der Waals surface area contributed by atoms with E-state index in [-0.39, 0.29) is 5.03 Å². The number of sulfonamides is 1. The van der Waals surface area contributed by atoms with Crippen molar-refractivity contribution in [3.63, 3.8) is 0 Å². The van der Waals surface area contributed by atoms with Gasteiger partial charge in [-0.1, -0.05) is 0 Å². The van der Waals surface area contributed by atoms with Crippen molar-refractivity contribution in [3.05, 3.63) is 29.8 Å². The van der Waals surface area contributed by atoms with E-state index < -0.39 is 10.0 Å². The van der Waals surface area contributed by atoms with Crippen LogP contribution in [0.2, 0.25) is 0 Å². The highest BCUT2D eigenvalue weighted by atomic mass is 32.2. The molecular formula is C17H24N6O2S. The lowest BCUT2D eigenvalue weighted by molar-refractivity contribution is 0.382. The molecule has 9 heteroatoms. The highest BCUT2D eigenvalue weighted by Crippen LogP contribution is 2.38. The molecule has 2 aliphatic rings. The van der Waals surface area contributed by atoms with Crippen LogP contribution in [0.4, 0.5) is 5.82 Å². The van der Waals surface area contributed by atoms with Crippen LogP contribution in [0.1, 0.15) is 37.2 Å². The normalized spacial score (nSPS) is 19.1. The molecule has 3 heterocycles. The summed E-state index contributed by atoms with van der Waals surface area (Å²) in [4.78, 5) is 6.32. The summed E-state index contributed by atoms with van der Waals surface area (Å²) in [6.45, 7) is 6.55. The highest BCUT2D eigenvalue weighted by molar-refractivity contribution is 7.89. The van der Waals surface area contributed by atoms with E-state index in [1.54, 1.807) is 6.20 Å². The molecule has 2 fully saturated rings. The number of piperazine rings is 1. The zero-order valence-electron chi connectivity index (χ0n) is 15.2. The Hall–Kier alpha value is -2.00. The van der Waals surface area contributed by atoms with Gasteiger partial charge in [-0.3, -0.25) is 0 Å². The van der Waals surface area contributed by atoms with Crippen molar-refractivity contribution in [1.29, 1.82) is 0 Å². The summed E-state index contributed by atoms with van der Waals surface area (Å²) in [5, 5.41) is 8.78. The van der Waals surface area contributed by atoms with Crippen LogP contribution in [0.15, 0.2) is 23.4 Å². The molecule has 0 spiro atoms. The third-order valence-corrected chi connectivity index (χ3v) is 6.90. The Morgan fingerprint density at radius 2 is 1.85 bits per heavy atom. The molecule has 0 atom stereocenters. The molecule has 140 valence electrons. The lowest BCUT2D eigenvalue weighted by atomic mass is 10.2. The molecule has 0 N–H and O–H groups in total. The van der Waals surface area contributed by atoms with Gasteiger partial charge in [0, 0.05) is 44.8 Å². The molecule has 0 unspecified atom stereocenters. The third kappa shape index (κ3) is 3.21. The average molecular weight is 376 g/mol. The monoisotopic (exact) mass is 376 g/mol. The first-order chi connectivity index (χ1) is 12.5. The number of anilines is 1. The molecule has 1 aliphatic heterocycles. The SMILES string of the molecule is CCn1cc(S(=O)(=O)N2CCN(c3ccc(C4CC4)nn3)CC2)nc1C. The Bertz CT molecular complexity index is 880. The van der Waals surface area contributed by atoms with E-state index in [1.807, 2.05) is 30.5 Å². The van der Waals surface area contributed by atoms with Crippen molar-refractivity contribution in [2.24, 2.45) is 0 Å². The smallest absolute Gasteiger partial charge is 0.262 e. The lowest BCUT2D eigenvalue weighted by Gasteiger charge is -2.34. The molecular weight excluding hydrogens is 352 g/mol. The fourth-order valence-electron chi connectivity index (χ4n) is 3.31. The van der Waals surface area contributed by atoms with Crippen molar-refractivity contribution in [1.82, 2.24) is 24.1 Å². The van der Waals surface area contributed by atoms with Gasteiger partial charge in [0.1, 0.15) is 5.82 Å². The quantitative estimate of drug-likeness (QED) is 0.784. The molecule has 0 amide bonds. The highest BCUT2D eigenvalue weighted by Gasteiger charge is 2.31. The van der Waals surface area contributed by atoms with Crippen LogP contribution in [-0.4, -0.2) is 58.7 Å². The van der Waals surface area contributed by atoms with Gasteiger partial charge in [0.05, 0.1) is 5.69 Å². The summed E-state index contributed by atoms with van der Waals surface area (Å²) in [6.07, 6.45) is 4.04. The van der Waals surface area contributed by atoms with Crippen molar-refractivity contribution in [3.8, 4) is 0 Å². The minimum atomic E-state index is -3.55. The Balaban J connectivity index is 1.43. The fraction of sp³-hybridized carbons (Fsp3) is 0.588. The van der Waals surface area contributed by atoms with Gasteiger partial charge in [-0.2, -0.15) is 9.40 Å². The van der Waals surface area contributed by atoms with Crippen LogP contribution in [0.3, 0.4) is 0 Å². The molecule has 26 heavy (non-hydrogen) atoms.